The quantitative estimate of drug-likeness (QED) is 0.740. The molecular weight excluding hydrogens is 381 g/mol. The Morgan fingerprint density at radius 2 is 1.57 bits per heavy atom. The molecule has 4 bridgehead atoms. The first-order valence-electron chi connectivity index (χ1n) is 11.2. The molecule has 6 heteroatoms. The topological polar surface area (TPSA) is 61.4 Å². The highest BCUT2D eigenvalue weighted by Gasteiger charge is 2.50. The van der Waals surface area contributed by atoms with Gasteiger partial charge in [0, 0.05) is 16.8 Å². The number of hydrogen-bond acceptors (Lipinski definition) is 3. The average Bonchev–Trinajstić information content (AvgIpc) is 2.64. The number of hydrogen-bond donors (Lipinski definition) is 2. The molecule has 0 heterocycles. The maximum Gasteiger partial charge on any atom is 0.244 e. The monoisotopic (exact) mass is 415 g/mol. The van der Waals surface area contributed by atoms with Crippen molar-refractivity contribution in [3.8, 4) is 0 Å². The van der Waals surface area contributed by atoms with Crippen LogP contribution in [-0.4, -0.2) is 40.9 Å². The third-order valence-corrected chi connectivity index (χ3v) is 7.19. The third kappa shape index (κ3) is 4.69. The van der Waals surface area contributed by atoms with Crippen molar-refractivity contribution >= 4 is 17.5 Å². The van der Waals surface area contributed by atoms with Gasteiger partial charge in [-0.3, -0.25) is 9.59 Å². The van der Waals surface area contributed by atoms with E-state index < -0.39 is 5.54 Å². The molecule has 2 N–H and O–H groups in total. The smallest absolute Gasteiger partial charge is 0.244 e. The van der Waals surface area contributed by atoms with E-state index in [4.69, 9.17) is 0 Å². The molecule has 0 atom stereocenters. The lowest BCUT2D eigenvalue weighted by atomic mass is 9.53. The van der Waals surface area contributed by atoms with Gasteiger partial charge in [-0.05, 0) is 101 Å². The minimum atomic E-state index is -0.472. The van der Waals surface area contributed by atoms with Gasteiger partial charge in [0.05, 0.1) is 6.54 Å². The molecule has 30 heavy (non-hydrogen) atoms. The number of nitrogens with zero attached hydrogens (tertiary/aromatic N) is 1. The van der Waals surface area contributed by atoms with Crippen LogP contribution in [0.2, 0.25) is 0 Å². The zero-order chi connectivity index (χ0) is 21.5. The van der Waals surface area contributed by atoms with Crippen LogP contribution >= 0.6 is 0 Å². The third-order valence-electron chi connectivity index (χ3n) is 7.19. The van der Waals surface area contributed by atoms with Gasteiger partial charge in [0.2, 0.25) is 11.8 Å². The van der Waals surface area contributed by atoms with Crippen LogP contribution in [0.4, 0.5) is 10.1 Å². The lowest BCUT2D eigenvalue weighted by Gasteiger charge is -2.57. The standard InChI is InChI=1S/C24H34FN3O2/c1-23(2,3)28(15-21(29)27-20-6-4-19(25)5-7-20)22(30)14-26-24-11-16-8-17(12-24)10-18(9-16)13-24/h4-7,16-18,26H,8-15H2,1-3H3,(H,27,29). The molecule has 0 saturated heterocycles. The summed E-state index contributed by atoms with van der Waals surface area (Å²) in [6.45, 7) is 6.08. The summed E-state index contributed by atoms with van der Waals surface area (Å²) in [6, 6.07) is 5.64. The number of nitrogens with one attached hydrogen (secondary N) is 2. The number of benzene rings is 1. The number of anilines is 1. The zero-order valence-corrected chi connectivity index (χ0v) is 18.3. The molecule has 0 aromatic heterocycles. The second kappa shape index (κ2) is 7.95. The molecule has 4 saturated carbocycles. The predicted molar refractivity (Wildman–Crippen MR) is 115 cm³/mol. The van der Waals surface area contributed by atoms with E-state index in [-0.39, 0.29) is 36.3 Å². The van der Waals surface area contributed by atoms with Gasteiger partial charge in [-0.2, -0.15) is 0 Å². The second-order valence-electron chi connectivity index (χ2n) is 10.8. The van der Waals surface area contributed by atoms with E-state index in [1.807, 2.05) is 20.8 Å². The molecule has 164 valence electrons. The van der Waals surface area contributed by atoms with Gasteiger partial charge in [0.1, 0.15) is 12.4 Å². The van der Waals surface area contributed by atoms with Crippen molar-refractivity contribution in [2.75, 3.05) is 18.4 Å². The van der Waals surface area contributed by atoms with Gasteiger partial charge in [0.15, 0.2) is 0 Å². The van der Waals surface area contributed by atoms with Crippen molar-refractivity contribution in [3.05, 3.63) is 30.1 Å². The van der Waals surface area contributed by atoms with Crippen molar-refractivity contribution in [2.24, 2.45) is 17.8 Å². The largest absolute Gasteiger partial charge is 0.327 e. The van der Waals surface area contributed by atoms with Gasteiger partial charge < -0.3 is 15.5 Å². The summed E-state index contributed by atoms with van der Waals surface area (Å²) in [7, 11) is 0. The summed E-state index contributed by atoms with van der Waals surface area (Å²) in [5.41, 5.74) is 0.166. The first-order chi connectivity index (χ1) is 14.1. The van der Waals surface area contributed by atoms with Crippen LogP contribution < -0.4 is 10.6 Å². The van der Waals surface area contributed by atoms with Crippen LogP contribution in [0.5, 0.6) is 0 Å². The highest BCUT2D eigenvalue weighted by atomic mass is 19.1. The lowest BCUT2D eigenvalue weighted by Crippen LogP contribution is -2.61. The molecule has 5 nitrogen and oxygen atoms in total. The van der Waals surface area contributed by atoms with E-state index in [1.165, 1.54) is 62.8 Å². The van der Waals surface area contributed by atoms with E-state index >= 15 is 0 Å². The Balaban J connectivity index is 1.36. The van der Waals surface area contributed by atoms with E-state index in [1.54, 1.807) is 4.90 Å². The van der Waals surface area contributed by atoms with Crippen LogP contribution in [0.1, 0.15) is 59.3 Å². The Morgan fingerprint density at radius 1 is 1.03 bits per heavy atom. The SMILES string of the molecule is CC(C)(C)N(CC(=O)Nc1ccc(F)cc1)C(=O)CNC12CC3CC(CC(C3)C1)C2. The Hall–Kier alpha value is -1.95. The highest BCUT2D eigenvalue weighted by Crippen LogP contribution is 2.55. The number of rotatable bonds is 6. The second-order valence-corrected chi connectivity index (χ2v) is 10.8. The van der Waals surface area contributed by atoms with Gasteiger partial charge in [-0.15, -0.1) is 0 Å². The molecule has 0 aliphatic heterocycles. The number of halogens is 1. The van der Waals surface area contributed by atoms with Crippen LogP contribution in [0.15, 0.2) is 24.3 Å². The van der Waals surface area contributed by atoms with E-state index in [0.29, 0.717) is 5.69 Å². The van der Waals surface area contributed by atoms with Crippen molar-refractivity contribution < 1.29 is 14.0 Å². The molecule has 4 aliphatic rings. The number of amides is 2. The molecule has 2 amide bonds. The average molecular weight is 416 g/mol. The van der Waals surface area contributed by atoms with Crippen LogP contribution in [-0.2, 0) is 9.59 Å². The summed E-state index contributed by atoms with van der Waals surface area (Å²) >= 11 is 0. The fourth-order valence-corrected chi connectivity index (χ4v) is 6.26. The molecule has 0 spiro atoms. The van der Waals surface area contributed by atoms with E-state index in [2.05, 4.69) is 10.6 Å². The van der Waals surface area contributed by atoms with Crippen LogP contribution in [0.3, 0.4) is 0 Å². The highest BCUT2D eigenvalue weighted by molar-refractivity contribution is 5.95. The van der Waals surface area contributed by atoms with Crippen LogP contribution in [0, 0.1) is 23.6 Å². The maximum atomic E-state index is 13.1. The summed E-state index contributed by atoms with van der Waals surface area (Å²) in [6.07, 6.45) is 7.66. The van der Waals surface area contributed by atoms with Crippen molar-refractivity contribution in [2.45, 2.75) is 70.4 Å². The molecule has 1 aromatic carbocycles. The maximum absolute atomic E-state index is 13.1. The Morgan fingerprint density at radius 3 is 2.07 bits per heavy atom. The minimum Gasteiger partial charge on any atom is -0.327 e. The van der Waals surface area contributed by atoms with Gasteiger partial charge >= 0.3 is 0 Å². The van der Waals surface area contributed by atoms with Gasteiger partial charge in [-0.25, -0.2) is 4.39 Å². The number of carbonyl (C=O) groups is 2. The molecule has 4 fully saturated rings. The normalized spacial score (nSPS) is 29.7. The van der Waals surface area contributed by atoms with Crippen molar-refractivity contribution in [1.29, 1.82) is 0 Å². The minimum absolute atomic E-state index is 0.0255. The van der Waals surface area contributed by atoms with Crippen molar-refractivity contribution in [1.82, 2.24) is 10.2 Å². The summed E-state index contributed by atoms with van der Waals surface area (Å²) < 4.78 is 13.1. The Bertz CT molecular complexity index is 764. The molecule has 4 aliphatic carbocycles. The first-order valence-corrected chi connectivity index (χ1v) is 11.2. The summed E-state index contributed by atoms with van der Waals surface area (Å²) in [4.78, 5) is 27.4. The first kappa shape index (κ1) is 21.3. The van der Waals surface area contributed by atoms with Crippen LogP contribution in [0.25, 0.3) is 0 Å². The summed E-state index contributed by atoms with van der Waals surface area (Å²) in [5, 5.41) is 6.40. The Kier molecular flexibility index (Phi) is 5.64. The fourth-order valence-electron chi connectivity index (χ4n) is 6.26. The molecule has 0 unspecified atom stereocenters. The molecule has 1 aromatic rings. The fraction of sp³-hybridized carbons (Fsp3) is 0.667. The van der Waals surface area contributed by atoms with Crippen molar-refractivity contribution in [3.63, 3.8) is 0 Å². The number of carbonyl (C=O) groups excluding carboxylic acids is 2. The summed E-state index contributed by atoms with van der Waals surface area (Å²) in [5.74, 6) is 1.78. The molecular formula is C24H34FN3O2. The van der Waals surface area contributed by atoms with E-state index in [9.17, 15) is 14.0 Å². The van der Waals surface area contributed by atoms with Gasteiger partial charge in [0.25, 0.3) is 0 Å². The Labute approximate surface area is 178 Å². The molecule has 5 rings (SSSR count). The lowest BCUT2D eigenvalue weighted by molar-refractivity contribution is -0.139. The molecule has 0 radical (unpaired) electrons. The zero-order valence-electron chi connectivity index (χ0n) is 18.3. The predicted octanol–water partition coefficient (Wildman–Crippen LogP) is 3.95. The van der Waals surface area contributed by atoms with E-state index in [0.717, 1.165) is 17.8 Å². The van der Waals surface area contributed by atoms with Gasteiger partial charge in [-0.1, -0.05) is 0 Å².